The molecule has 0 radical (unpaired) electrons. The lowest BCUT2D eigenvalue weighted by molar-refractivity contribution is -0.144. The maximum atomic E-state index is 11.3. The Morgan fingerprint density at radius 3 is 2.83 bits per heavy atom. The Labute approximate surface area is 112 Å². The van der Waals surface area contributed by atoms with Gasteiger partial charge in [0.2, 0.25) is 0 Å². The highest BCUT2D eigenvalue weighted by Gasteiger charge is 2.32. The van der Waals surface area contributed by atoms with Gasteiger partial charge in [-0.15, -0.1) is 0 Å². The first-order chi connectivity index (χ1) is 8.44. The second-order valence-electron chi connectivity index (χ2n) is 4.82. The molecule has 0 saturated carbocycles. The average molecular weight is 271 g/mol. The van der Waals surface area contributed by atoms with Crippen LogP contribution in [0.1, 0.15) is 33.0 Å². The normalized spacial score (nSPS) is 14.7. The highest BCUT2D eigenvalue weighted by Crippen LogP contribution is 2.19. The van der Waals surface area contributed by atoms with Gasteiger partial charge in [0.25, 0.3) is 0 Å². The monoisotopic (exact) mass is 271 g/mol. The quantitative estimate of drug-likeness (QED) is 0.712. The molecule has 1 aromatic rings. The van der Waals surface area contributed by atoms with Crippen LogP contribution in [0, 0.1) is 0 Å². The minimum atomic E-state index is -0.857. The lowest BCUT2D eigenvalue weighted by Crippen LogP contribution is -2.52. The molecule has 5 heteroatoms. The van der Waals surface area contributed by atoms with Crippen LogP contribution in [0.4, 0.5) is 0 Å². The molecule has 1 rings (SSSR count). The number of carboxylic acid groups (broad SMARTS) is 1. The van der Waals surface area contributed by atoms with E-state index in [1.165, 1.54) is 0 Å². The second-order valence-corrected chi connectivity index (χ2v) is 5.92. The van der Waals surface area contributed by atoms with Crippen LogP contribution < -0.4 is 5.32 Å². The Morgan fingerprint density at radius 2 is 2.33 bits per heavy atom. The summed E-state index contributed by atoms with van der Waals surface area (Å²) in [7, 11) is 0. The molecule has 4 nitrogen and oxygen atoms in total. The van der Waals surface area contributed by atoms with Crippen molar-refractivity contribution in [1.29, 1.82) is 0 Å². The van der Waals surface area contributed by atoms with Gasteiger partial charge in [0.05, 0.1) is 12.0 Å². The summed E-state index contributed by atoms with van der Waals surface area (Å²) in [6, 6.07) is 3.94. The Morgan fingerprint density at radius 1 is 1.61 bits per heavy atom. The predicted molar refractivity (Wildman–Crippen MR) is 73.8 cm³/mol. The molecule has 0 fully saturated rings. The van der Waals surface area contributed by atoms with Crippen LogP contribution in [0.3, 0.4) is 0 Å². The highest BCUT2D eigenvalue weighted by molar-refractivity contribution is 7.98. The summed E-state index contributed by atoms with van der Waals surface area (Å²) in [4.78, 5) is 11.3. The average Bonchev–Trinajstić information content (AvgIpc) is 2.76. The first-order valence-corrected chi connectivity index (χ1v) is 7.21. The summed E-state index contributed by atoms with van der Waals surface area (Å²) >= 11 is 1.69. The van der Waals surface area contributed by atoms with E-state index < -0.39 is 11.5 Å². The largest absolute Gasteiger partial charge is 0.480 e. The fourth-order valence-corrected chi connectivity index (χ4v) is 2.78. The van der Waals surface area contributed by atoms with Crippen LogP contribution in [-0.4, -0.2) is 28.4 Å². The van der Waals surface area contributed by atoms with Crippen LogP contribution in [0.2, 0.25) is 0 Å². The van der Waals surface area contributed by atoms with E-state index in [2.05, 4.69) is 5.32 Å². The van der Waals surface area contributed by atoms with Crippen molar-refractivity contribution in [3.63, 3.8) is 0 Å². The lowest BCUT2D eigenvalue weighted by Gasteiger charge is -2.28. The molecular weight excluding hydrogens is 250 g/mol. The summed E-state index contributed by atoms with van der Waals surface area (Å²) in [5.41, 5.74) is -0.857. The van der Waals surface area contributed by atoms with Crippen LogP contribution in [0.5, 0.6) is 0 Å². The summed E-state index contributed by atoms with van der Waals surface area (Å²) in [5, 5.41) is 12.4. The van der Waals surface area contributed by atoms with Crippen LogP contribution in [0.25, 0.3) is 0 Å². The van der Waals surface area contributed by atoms with E-state index in [0.29, 0.717) is 6.42 Å². The highest BCUT2D eigenvalue weighted by atomic mass is 32.2. The van der Waals surface area contributed by atoms with Gasteiger partial charge >= 0.3 is 5.97 Å². The molecule has 0 spiro atoms. The Kier molecular flexibility index (Phi) is 5.75. The van der Waals surface area contributed by atoms with E-state index >= 15 is 0 Å². The van der Waals surface area contributed by atoms with E-state index in [4.69, 9.17) is 4.42 Å². The number of nitrogens with one attached hydrogen (secondary N) is 1. The van der Waals surface area contributed by atoms with Crippen molar-refractivity contribution in [2.45, 2.75) is 44.5 Å². The molecule has 0 aliphatic rings. The lowest BCUT2D eigenvalue weighted by atomic mass is 9.98. The van der Waals surface area contributed by atoms with Crippen LogP contribution >= 0.6 is 11.8 Å². The van der Waals surface area contributed by atoms with Gasteiger partial charge in [0.1, 0.15) is 11.3 Å². The molecule has 2 N–H and O–H groups in total. The van der Waals surface area contributed by atoms with Crippen molar-refractivity contribution >= 4 is 17.7 Å². The Balaban J connectivity index is 2.36. The standard InChI is InChI=1S/C13H21NO3S/c1-10(2)14-13(3,12(15)16)6-8-18-9-11-5-4-7-17-11/h4-5,7,10,14H,6,8-9H2,1-3H3,(H,15,16). The summed E-state index contributed by atoms with van der Waals surface area (Å²) in [6.45, 7) is 5.65. The molecule has 0 bridgehead atoms. The zero-order valence-electron chi connectivity index (χ0n) is 11.1. The Bertz CT molecular complexity index is 364. The number of carbonyl (C=O) groups is 1. The van der Waals surface area contributed by atoms with Gasteiger partial charge in [-0.25, -0.2) is 0 Å². The summed E-state index contributed by atoms with van der Waals surface area (Å²) < 4.78 is 5.22. The van der Waals surface area contributed by atoms with E-state index in [9.17, 15) is 9.90 Å². The van der Waals surface area contributed by atoms with Crippen molar-refractivity contribution in [2.75, 3.05) is 5.75 Å². The van der Waals surface area contributed by atoms with E-state index in [0.717, 1.165) is 17.3 Å². The molecule has 1 heterocycles. The molecule has 0 saturated heterocycles. The van der Waals surface area contributed by atoms with Gasteiger partial charge in [0, 0.05) is 6.04 Å². The van der Waals surface area contributed by atoms with Gasteiger partial charge in [-0.05, 0) is 45.1 Å². The summed E-state index contributed by atoms with van der Waals surface area (Å²) in [6.07, 6.45) is 2.24. The van der Waals surface area contributed by atoms with Crippen molar-refractivity contribution in [2.24, 2.45) is 0 Å². The van der Waals surface area contributed by atoms with Gasteiger partial charge in [-0.1, -0.05) is 0 Å². The summed E-state index contributed by atoms with van der Waals surface area (Å²) in [5.74, 6) is 1.69. The molecule has 0 aliphatic carbocycles. The first kappa shape index (κ1) is 15.1. The number of thioether (sulfide) groups is 1. The van der Waals surface area contributed by atoms with E-state index in [1.54, 1.807) is 24.9 Å². The van der Waals surface area contributed by atoms with Crippen molar-refractivity contribution in [3.05, 3.63) is 24.2 Å². The number of aliphatic carboxylic acids is 1. The number of furan rings is 1. The van der Waals surface area contributed by atoms with E-state index in [1.807, 2.05) is 26.0 Å². The minimum Gasteiger partial charge on any atom is -0.480 e. The molecule has 1 atom stereocenters. The SMILES string of the molecule is CC(C)NC(C)(CCSCc1ccco1)C(=O)O. The predicted octanol–water partition coefficient (Wildman–Crippen LogP) is 2.74. The Hall–Kier alpha value is -0.940. The third-order valence-electron chi connectivity index (χ3n) is 2.65. The fourth-order valence-electron chi connectivity index (χ4n) is 1.72. The number of rotatable bonds is 8. The van der Waals surface area contributed by atoms with Gasteiger partial charge in [0.15, 0.2) is 0 Å². The molecule has 18 heavy (non-hydrogen) atoms. The molecule has 0 aromatic carbocycles. The van der Waals surface area contributed by atoms with Crippen molar-refractivity contribution < 1.29 is 14.3 Å². The third-order valence-corrected chi connectivity index (χ3v) is 3.63. The topological polar surface area (TPSA) is 62.5 Å². The van der Waals surface area contributed by atoms with E-state index in [-0.39, 0.29) is 6.04 Å². The number of hydrogen-bond donors (Lipinski definition) is 2. The van der Waals surface area contributed by atoms with Gasteiger partial charge in [-0.2, -0.15) is 11.8 Å². The first-order valence-electron chi connectivity index (χ1n) is 6.05. The molecule has 102 valence electrons. The maximum Gasteiger partial charge on any atom is 0.323 e. The van der Waals surface area contributed by atoms with Gasteiger partial charge in [-0.3, -0.25) is 10.1 Å². The second kappa shape index (κ2) is 6.85. The molecule has 1 aromatic heterocycles. The molecule has 1 unspecified atom stereocenters. The smallest absolute Gasteiger partial charge is 0.323 e. The van der Waals surface area contributed by atoms with Gasteiger partial charge < -0.3 is 9.52 Å². The minimum absolute atomic E-state index is 0.154. The number of hydrogen-bond acceptors (Lipinski definition) is 4. The van der Waals surface area contributed by atoms with Crippen molar-refractivity contribution in [1.82, 2.24) is 5.32 Å². The maximum absolute atomic E-state index is 11.3. The molecule has 0 aliphatic heterocycles. The molecular formula is C13H21NO3S. The van der Waals surface area contributed by atoms with Crippen molar-refractivity contribution in [3.8, 4) is 0 Å². The van der Waals surface area contributed by atoms with Crippen LogP contribution in [-0.2, 0) is 10.5 Å². The zero-order valence-corrected chi connectivity index (χ0v) is 11.9. The third kappa shape index (κ3) is 4.74. The zero-order chi connectivity index (χ0) is 13.6. The van der Waals surface area contributed by atoms with Crippen LogP contribution in [0.15, 0.2) is 22.8 Å². The molecule has 0 amide bonds. The fraction of sp³-hybridized carbons (Fsp3) is 0.615. The number of carboxylic acids is 1.